The minimum absolute atomic E-state index is 0.162. The van der Waals surface area contributed by atoms with E-state index in [1.54, 1.807) is 0 Å². The average molecular weight is 290 g/mol. The van der Waals surface area contributed by atoms with Crippen molar-refractivity contribution in [2.24, 2.45) is 0 Å². The fraction of sp³-hybridized carbons (Fsp3) is 1.00. The molecule has 0 radical (unpaired) electrons. The lowest BCUT2D eigenvalue weighted by Gasteiger charge is -2.38. The summed E-state index contributed by atoms with van der Waals surface area (Å²) in [5.74, 6) is -1.34. The second-order valence-electron chi connectivity index (χ2n) is 4.24. The molecule has 2 rings (SSSR count). The van der Waals surface area contributed by atoms with Crippen LogP contribution in [0.1, 0.15) is 25.7 Å². The molecule has 1 aliphatic heterocycles. The van der Waals surface area contributed by atoms with E-state index in [0.717, 1.165) is 0 Å². The number of hydrogen-bond acceptors (Lipinski definition) is 5. The molecule has 1 saturated heterocycles. The van der Waals surface area contributed by atoms with E-state index in [1.165, 1.54) is 0 Å². The normalized spacial score (nSPS) is 28.7. The first-order valence-corrected chi connectivity index (χ1v) is 6.95. The highest BCUT2D eigenvalue weighted by atomic mass is 32.2. The van der Waals surface area contributed by atoms with Gasteiger partial charge in [0.1, 0.15) is 6.10 Å². The molecule has 0 amide bonds. The Kier molecular flexibility index (Phi) is 3.60. The largest absolute Gasteiger partial charge is 0.523 e. The summed E-state index contributed by atoms with van der Waals surface area (Å²) in [5.41, 5.74) is -5.43. The fourth-order valence-corrected chi connectivity index (χ4v) is 2.87. The van der Waals surface area contributed by atoms with E-state index < -0.39 is 27.5 Å². The van der Waals surface area contributed by atoms with Gasteiger partial charge in [-0.3, -0.25) is 4.18 Å². The van der Waals surface area contributed by atoms with Crippen LogP contribution in [-0.4, -0.2) is 39.0 Å². The molecule has 1 spiro atoms. The maximum atomic E-state index is 12.3. The second kappa shape index (κ2) is 4.62. The van der Waals surface area contributed by atoms with Gasteiger partial charge in [-0.05, 0) is 12.8 Å². The van der Waals surface area contributed by atoms with Crippen molar-refractivity contribution in [2.75, 3.05) is 13.2 Å². The molecular weight excluding hydrogens is 277 g/mol. The van der Waals surface area contributed by atoms with E-state index in [2.05, 4.69) is 4.18 Å². The molecule has 5 nitrogen and oxygen atoms in total. The van der Waals surface area contributed by atoms with Gasteiger partial charge in [-0.25, -0.2) is 0 Å². The first-order valence-electron chi connectivity index (χ1n) is 5.54. The van der Waals surface area contributed by atoms with Crippen LogP contribution in [0, 0.1) is 0 Å². The maximum Gasteiger partial charge on any atom is 0.523 e. The molecule has 1 unspecified atom stereocenters. The average Bonchev–Trinajstić information content (AvgIpc) is 2.69. The monoisotopic (exact) mass is 290 g/mol. The summed E-state index contributed by atoms with van der Waals surface area (Å²) in [6.45, 7) is 0.456. The van der Waals surface area contributed by atoms with Gasteiger partial charge in [0.25, 0.3) is 0 Å². The predicted molar refractivity (Wildman–Crippen MR) is 53.0 cm³/mol. The van der Waals surface area contributed by atoms with Crippen molar-refractivity contribution in [2.45, 2.75) is 43.1 Å². The zero-order chi connectivity index (χ0) is 13.4. The molecule has 2 fully saturated rings. The van der Waals surface area contributed by atoms with E-state index in [4.69, 9.17) is 9.47 Å². The summed E-state index contributed by atoms with van der Waals surface area (Å²) < 4.78 is 73.6. The molecule has 106 valence electrons. The summed E-state index contributed by atoms with van der Waals surface area (Å²) in [6, 6.07) is 0. The summed E-state index contributed by atoms with van der Waals surface area (Å²) in [4.78, 5) is 0. The third kappa shape index (κ3) is 2.49. The molecule has 0 aromatic heterocycles. The molecule has 0 N–H and O–H groups in total. The van der Waals surface area contributed by atoms with Crippen LogP contribution in [-0.2, 0) is 23.8 Å². The molecule has 18 heavy (non-hydrogen) atoms. The van der Waals surface area contributed by atoms with E-state index >= 15 is 0 Å². The highest BCUT2D eigenvalue weighted by Gasteiger charge is 2.54. The molecule has 0 bridgehead atoms. The van der Waals surface area contributed by atoms with E-state index in [1.807, 2.05) is 0 Å². The molecule has 0 aromatic rings. The van der Waals surface area contributed by atoms with Crippen LogP contribution < -0.4 is 0 Å². The van der Waals surface area contributed by atoms with Crippen LogP contribution in [0.3, 0.4) is 0 Å². The Bertz CT molecular complexity index is 399. The summed E-state index contributed by atoms with van der Waals surface area (Å²) in [5, 5.41) is 0. The lowest BCUT2D eigenvalue weighted by Crippen LogP contribution is -2.49. The molecule has 1 saturated carbocycles. The van der Waals surface area contributed by atoms with Gasteiger partial charge in [0.2, 0.25) is 0 Å². The molecule has 1 aliphatic carbocycles. The van der Waals surface area contributed by atoms with Gasteiger partial charge in [-0.2, -0.15) is 21.6 Å². The van der Waals surface area contributed by atoms with Crippen molar-refractivity contribution in [3.05, 3.63) is 0 Å². The molecular formula is C9H13F3O5S. The maximum absolute atomic E-state index is 12.3. The third-order valence-electron chi connectivity index (χ3n) is 3.03. The first-order chi connectivity index (χ1) is 8.27. The van der Waals surface area contributed by atoms with Crippen molar-refractivity contribution in [1.82, 2.24) is 0 Å². The highest BCUT2D eigenvalue weighted by molar-refractivity contribution is 7.87. The number of halogens is 3. The van der Waals surface area contributed by atoms with Crippen molar-refractivity contribution < 1.29 is 35.2 Å². The van der Waals surface area contributed by atoms with Crippen molar-refractivity contribution in [1.29, 1.82) is 0 Å². The van der Waals surface area contributed by atoms with Gasteiger partial charge >= 0.3 is 15.6 Å². The van der Waals surface area contributed by atoms with Gasteiger partial charge in [-0.1, -0.05) is 6.42 Å². The Morgan fingerprint density at radius 1 is 1.17 bits per heavy atom. The highest BCUT2D eigenvalue weighted by Crippen LogP contribution is 2.40. The Balaban J connectivity index is 2.16. The molecule has 1 atom stereocenters. The second-order valence-corrected chi connectivity index (χ2v) is 5.80. The van der Waals surface area contributed by atoms with E-state index in [-0.39, 0.29) is 19.6 Å². The van der Waals surface area contributed by atoms with Crippen LogP contribution in [0.15, 0.2) is 0 Å². The fourth-order valence-electron chi connectivity index (χ4n) is 2.21. The Labute approximate surface area is 102 Å². The van der Waals surface area contributed by atoms with Crippen LogP contribution >= 0.6 is 0 Å². The van der Waals surface area contributed by atoms with Gasteiger partial charge in [0.05, 0.1) is 13.2 Å². The molecule has 2 aliphatic rings. The smallest absolute Gasteiger partial charge is 0.345 e. The quantitative estimate of drug-likeness (QED) is 0.570. The third-order valence-corrected chi connectivity index (χ3v) is 4.09. The van der Waals surface area contributed by atoms with Crippen molar-refractivity contribution >= 4 is 10.1 Å². The van der Waals surface area contributed by atoms with Crippen molar-refractivity contribution in [3.63, 3.8) is 0 Å². The van der Waals surface area contributed by atoms with E-state index in [0.29, 0.717) is 19.3 Å². The zero-order valence-electron chi connectivity index (χ0n) is 9.40. The van der Waals surface area contributed by atoms with Gasteiger partial charge in [0, 0.05) is 6.42 Å². The van der Waals surface area contributed by atoms with Gasteiger partial charge < -0.3 is 9.47 Å². The summed E-state index contributed by atoms with van der Waals surface area (Å²) in [6.07, 6.45) is 0.541. The van der Waals surface area contributed by atoms with Crippen molar-refractivity contribution in [3.8, 4) is 0 Å². The summed E-state index contributed by atoms with van der Waals surface area (Å²) in [7, 11) is -5.62. The predicted octanol–water partition coefficient (Wildman–Crippen LogP) is 1.54. The first kappa shape index (κ1) is 14.0. The van der Waals surface area contributed by atoms with Crippen LogP contribution in [0.5, 0.6) is 0 Å². The lowest BCUT2D eigenvalue weighted by atomic mass is 9.91. The number of ether oxygens (including phenoxy) is 2. The minimum atomic E-state index is -5.62. The molecule has 9 heteroatoms. The molecule has 1 heterocycles. The zero-order valence-corrected chi connectivity index (χ0v) is 10.2. The lowest BCUT2D eigenvalue weighted by molar-refractivity contribution is -0.229. The van der Waals surface area contributed by atoms with Crippen LogP contribution in [0.2, 0.25) is 0 Å². The molecule has 0 aromatic carbocycles. The van der Waals surface area contributed by atoms with Gasteiger partial charge in [-0.15, -0.1) is 0 Å². The van der Waals surface area contributed by atoms with Crippen LogP contribution in [0.4, 0.5) is 13.2 Å². The Hall–Kier alpha value is -0.380. The SMILES string of the molecule is O=S(=O)(OC1CCCCC12OCCO2)C(F)(F)F. The standard InChI is InChI=1S/C9H13F3O5S/c10-9(11,12)18(13,14)17-7-3-1-2-4-8(7)15-5-6-16-8/h7H,1-6H2. The van der Waals surface area contributed by atoms with Crippen LogP contribution in [0.25, 0.3) is 0 Å². The Morgan fingerprint density at radius 3 is 2.33 bits per heavy atom. The topological polar surface area (TPSA) is 61.8 Å². The minimum Gasteiger partial charge on any atom is -0.345 e. The van der Waals surface area contributed by atoms with E-state index in [9.17, 15) is 21.6 Å². The number of hydrogen-bond donors (Lipinski definition) is 0. The number of rotatable bonds is 2. The number of alkyl halides is 3. The van der Waals surface area contributed by atoms with Gasteiger partial charge in [0.15, 0.2) is 5.79 Å². The summed E-state index contributed by atoms with van der Waals surface area (Å²) >= 11 is 0. The Morgan fingerprint density at radius 2 is 1.78 bits per heavy atom.